The number of benzene rings is 1. The summed E-state index contributed by atoms with van der Waals surface area (Å²) in [6.45, 7) is 1.52. The van der Waals surface area contributed by atoms with E-state index in [2.05, 4.69) is 20.2 Å². The predicted molar refractivity (Wildman–Crippen MR) is 102 cm³/mol. The van der Waals surface area contributed by atoms with Crippen molar-refractivity contribution >= 4 is 17.4 Å². The number of hydrogen-bond donors (Lipinski definition) is 2. The number of rotatable bonds is 3. The Balaban J connectivity index is 1.82. The second kappa shape index (κ2) is 6.49. The van der Waals surface area contributed by atoms with Crippen LogP contribution in [-0.2, 0) is 0 Å². The van der Waals surface area contributed by atoms with Crippen LogP contribution in [0, 0.1) is 11.2 Å². The molecule has 0 bridgehead atoms. The van der Waals surface area contributed by atoms with Crippen LogP contribution in [-0.4, -0.2) is 36.4 Å². The fraction of sp³-hybridized carbons (Fsp3) is 0.0526. The van der Waals surface area contributed by atoms with Gasteiger partial charge in [-0.05, 0) is 36.4 Å². The molecule has 4 aromatic rings. The standard InChI is InChI=1S/C19H15FN6O/c1-11(27)24-19(21)16-9-22-17-7-4-13(10-26(16)17)15-8-23-25-18(15)12-2-5-14(20)6-3-12/h2-10H,1H3,(H,23,25)(H2,21,24,27)/p+1. The zero-order valence-corrected chi connectivity index (χ0v) is 14.4. The van der Waals surface area contributed by atoms with E-state index in [1.165, 1.54) is 19.1 Å². The molecule has 0 aliphatic heterocycles. The van der Waals surface area contributed by atoms with Gasteiger partial charge in [0.2, 0.25) is 0 Å². The molecule has 0 radical (unpaired) electrons. The summed E-state index contributed by atoms with van der Waals surface area (Å²) in [7, 11) is 0. The van der Waals surface area contributed by atoms with Gasteiger partial charge in [0.15, 0.2) is 5.84 Å². The van der Waals surface area contributed by atoms with Gasteiger partial charge >= 0.3 is 5.90 Å². The van der Waals surface area contributed by atoms with Gasteiger partial charge in [0.1, 0.15) is 17.2 Å². The number of pyridine rings is 1. The molecule has 1 aromatic carbocycles. The first-order valence-corrected chi connectivity index (χ1v) is 8.15. The second-order valence-electron chi connectivity index (χ2n) is 6.00. The number of imidazole rings is 1. The molecule has 7 nitrogen and oxygen atoms in total. The summed E-state index contributed by atoms with van der Waals surface area (Å²) in [6.07, 6.45) is 5.11. The van der Waals surface area contributed by atoms with Crippen LogP contribution in [0.5, 0.6) is 0 Å². The van der Waals surface area contributed by atoms with Crippen LogP contribution in [0.2, 0.25) is 0 Å². The Labute approximate surface area is 153 Å². The van der Waals surface area contributed by atoms with Gasteiger partial charge in [0.05, 0.1) is 25.0 Å². The lowest BCUT2D eigenvalue weighted by Crippen LogP contribution is -2.03. The van der Waals surface area contributed by atoms with Crippen LogP contribution in [0.4, 0.5) is 4.39 Å². The molecule has 3 heterocycles. The number of hydrogen-bond acceptors (Lipinski definition) is 3. The van der Waals surface area contributed by atoms with Crippen molar-refractivity contribution in [2.75, 3.05) is 0 Å². The van der Waals surface area contributed by atoms with E-state index in [-0.39, 0.29) is 17.6 Å². The Bertz CT molecular complexity index is 1170. The average molecular weight is 363 g/mol. The van der Waals surface area contributed by atoms with Crippen LogP contribution in [0.25, 0.3) is 28.0 Å². The highest BCUT2D eigenvalue weighted by molar-refractivity contribution is 6.02. The normalized spacial score (nSPS) is 11.9. The van der Waals surface area contributed by atoms with Crippen LogP contribution < -0.4 is 0 Å². The number of halogens is 1. The first-order chi connectivity index (χ1) is 13.0. The minimum absolute atomic E-state index is 0.0295. The topological polar surface area (TPSA) is 105 Å². The molecule has 0 aliphatic carbocycles. The Hall–Kier alpha value is -3.81. The Morgan fingerprint density at radius 3 is 2.63 bits per heavy atom. The van der Waals surface area contributed by atoms with E-state index < -0.39 is 0 Å². The molecule has 0 saturated heterocycles. The molecule has 0 unspecified atom stereocenters. The molecular formula is C19H16FN6O+. The van der Waals surface area contributed by atoms with Gasteiger partial charge in [0, 0.05) is 22.9 Å². The lowest BCUT2D eigenvalue weighted by atomic mass is 10.0. The molecule has 27 heavy (non-hydrogen) atoms. The molecule has 0 aliphatic rings. The number of nitrogens with one attached hydrogen (secondary N) is 2. The molecule has 134 valence electrons. The van der Waals surface area contributed by atoms with Crippen molar-refractivity contribution in [3.63, 3.8) is 0 Å². The quantitative estimate of drug-likeness (QED) is 0.332. The maximum Gasteiger partial charge on any atom is 0.329 e. The fourth-order valence-corrected chi connectivity index (χ4v) is 2.88. The minimum Gasteiger partial charge on any atom is -0.582 e. The van der Waals surface area contributed by atoms with Crippen LogP contribution >= 0.6 is 0 Å². The van der Waals surface area contributed by atoms with Gasteiger partial charge < -0.3 is 5.11 Å². The average Bonchev–Trinajstić information content (AvgIpc) is 3.28. The molecule has 8 heteroatoms. The SMILES string of the molecule is CC([OH2+])=NC(=N)c1cnc2ccc(-c3cn[nH]c3-c3ccc(F)cc3)cn12. The third-order valence-corrected chi connectivity index (χ3v) is 4.11. The highest BCUT2D eigenvalue weighted by Crippen LogP contribution is 2.30. The number of amidine groups is 1. The first-order valence-electron chi connectivity index (χ1n) is 8.15. The Kier molecular flexibility index (Phi) is 4.00. The minimum atomic E-state index is -0.298. The van der Waals surface area contributed by atoms with E-state index >= 15 is 0 Å². The summed E-state index contributed by atoms with van der Waals surface area (Å²) in [5.41, 5.74) is 4.45. The Morgan fingerprint density at radius 1 is 1.15 bits per heavy atom. The smallest absolute Gasteiger partial charge is 0.329 e. The summed E-state index contributed by atoms with van der Waals surface area (Å²) in [5.74, 6) is -0.273. The highest BCUT2D eigenvalue weighted by Gasteiger charge is 2.14. The summed E-state index contributed by atoms with van der Waals surface area (Å²) in [5, 5.41) is 22.6. The van der Waals surface area contributed by atoms with Crippen molar-refractivity contribution in [3.8, 4) is 22.4 Å². The van der Waals surface area contributed by atoms with E-state index in [4.69, 9.17) is 10.5 Å². The van der Waals surface area contributed by atoms with Crippen molar-refractivity contribution in [1.82, 2.24) is 19.6 Å². The third kappa shape index (κ3) is 3.08. The highest BCUT2D eigenvalue weighted by atomic mass is 19.1. The monoisotopic (exact) mass is 363 g/mol. The molecule has 0 amide bonds. The molecule has 3 aromatic heterocycles. The van der Waals surface area contributed by atoms with Gasteiger partial charge in [-0.2, -0.15) is 5.10 Å². The van der Waals surface area contributed by atoms with Crippen molar-refractivity contribution in [3.05, 3.63) is 66.5 Å². The van der Waals surface area contributed by atoms with Crippen molar-refractivity contribution in [2.24, 2.45) is 4.99 Å². The molecule has 4 rings (SSSR count). The van der Waals surface area contributed by atoms with Crippen molar-refractivity contribution < 1.29 is 9.50 Å². The molecule has 0 saturated carbocycles. The van der Waals surface area contributed by atoms with E-state index in [1.807, 2.05) is 18.3 Å². The van der Waals surface area contributed by atoms with Crippen molar-refractivity contribution in [1.29, 1.82) is 5.41 Å². The molecule has 0 atom stereocenters. The molecule has 0 fully saturated rings. The maximum absolute atomic E-state index is 13.2. The lowest BCUT2D eigenvalue weighted by Gasteiger charge is -2.06. The Morgan fingerprint density at radius 2 is 1.89 bits per heavy atom. The summed E-state index contributed by atoms with van der Waals surface area (Å²) < 4.78 is 15.0. The lowest BCUT2D eigenvalue weighted by molar-refractivity contribution is 0.549. The first kappa shape index (κ1) is 16.6. The third-order valence-electron chi connectivity index (χ3n) is 4.11. The summed E-state index contributed by atoms with van der Waals surface area (Å²) in [6, 6.07) is 9.93. The summed E-state index contributed by atoms with van der Waals surface area (Å²) in [4.78, 5) is 8.17. The second-order valence-corrected chi connectivity index (χ2v) is 6.00. The van der Waals surface area contributed by atoms with E-state index in [0.717, 1.165) is 22.4 Å². The molecule has 4 N–H and O–H groups in total. The van der Waals surface area contributed by atoms with Crippen LogP contribution in [0.15, 0.2) is 60.0 Å². The zero-order valence-electron chi connectivity index (χ0n) is 14.4. The predicted octanol–water partition coefficient (Wildman–Crippen LogP) is 3.00. The van der Waals surface area contributed by atoms with Gasteiger partial charge in [-0.25, -0.2) is 9.37 Å². The largest absolute Gasteiger partial charge is 0.582 e. The maximum atomic E-state index is 13.2. The van der Waals surface area contributed by atoms with Crippen LogP contribution in [0.3, 0.4) is 0 Å². The number of aliphatic imine (C=N–C) groups is 1. The van der Waals surface area contributed by atoms with Crippen molar-refractivity contribution in [2.45, 2.75) is 6.92 Å². The van der Waals surface area contributed by atoms with E-state index in [0.29, 0.717) is 11.3 Å². The number of nitrogens with zero attached hydrogens (tertiary/aromatic N) is 4. The number of fused-ring (bicyclic) bond motifs is 1. The zero-order chi connectivity index (χ0) is 19.0. The van der Waals surface area contributed by atoms with Gasteiger partial charge in [-0.15, -0.1) is 4.99 Å². The number of aromatic amines is 1. The number of aromatic nitrogens is 4. The molecule has 0 spiro atoms. The van der Waals surface area contributed by atoms with Gasteiger partial charge in [-0.1, -0.05) is 0 Å². The fourth-order valence-electron chi connectivity index (χ4n) is 2.88. The summed E-state index contributed by atoms with van der Waals surface area (Å²) >= 11 is 0. The van der Waals surface area contributed by atoms with Gasteiger partial charge in [0.25, 0.3) is 0 Å². The van der Waals surface area contributed by atoms with Gasteiger partial charge in [-0.3, -0.25) is 14.9 Å². The number of H-pyrrole nitrogens is 1. The van der Waals surface area contributed by atoms with E-state index in [1.54, 1.807) is 28.9 Å². The van der Waals surface area contributed by atoms with E-state index in [9.17, 15) is 4.39 Å². The molecular weight excluding hydrogens is 347 g/mol. The van der Waals surface area contributed by atoms with Crippen LogP contribution in [0.1, 0.15) is 12.6 Å².